The minimum atomic E-state index is 1.05. The lowest BCUT2D eigenvalue weighted by Gasteiger charge is -2.23. The normalized spacial score (nSPS) is 10.8. The van der Waals surface area contributed by atoms with Gasteiger partial charge < -0.3 is 9.80 Å². The molecule has 0 N–H and O–H groups in total. The summed E-state index contributed by atoms with van der Waals surface area (Å²) < 4.78 is 0. The molecule has 0 amide bonds. The standard InChI is InChI=1S/C20H23N3/c1-14-18(12-16(22(2)3)13-19(14)23(4)5)20-17-9-7-6-8-15(17)10-11-21-20/h6-13H,1-5H3. The van der Waals surface area contributed by atoms with E-state index < -0.39 is 0 Å². The molecule has 3 nitrogen and oxygen atoms in total. The van der Waals surface area contributed by atoms with Crippen molar-refractivity contribution in [2.24, 2.45) is 0 Å². The molecule has 0 fully saturated rings. The van der Waals surface area contributed by atoms with Crippen LogP contribution in [0, 0.1) is 6.92 Å². The van der Waals surface area contributed by atoms with Crippen LogP contribution in [0.25, 0.3) is 22.0 Å². The molecule has 3 rings (SSSR count). The molecule has 23 heavy (non-hydrogen) atoms. The third kappa shape index (κ3) is 2.74. The van der Waals surface area contributed by atoms with E-state index in [0.29, 0.717) is 0 Å². The van der Waals surface area contributed by atoms with Gasteiger partial charge in [-0.05, 0) is 36.1 Å². The van der Waals surface area contributed by atoms with E-state index in [1.165, 1.54) is 33.3 Å². The van der Waals surface area contributed by atoms with Crippen molar-refractivity contribution in [2.45, 2.75) is 6.92 Å². The van der Waals surface area contributed by atoms with Crippen molar-refractivity contribution in [2.75, 3.05) is 38.0 Å². The van der Waals surface area contributed by atoms with Crippen LogP contribution in [0.1, 0.15) is 5.56 Å². The number of pyridine rings is 1. The van der Waals surface area contributed by atoms with Gasteiger partial charge in [0.15, 0.2) is 0 Å². The van der Waals surface area contributed by atoms with Crippen molar-refractivity contribution >= 4 is 22.1 Å². The van der Waals surface area contributed by atoms with Crippen molar-refractivity contribution in [3.05, 3.63) is 54.2 Å². The highest BCUT2D eigenvalue weighted by molar-refractivity contribution is 5.96. The van der Waals surface area contributed by atoms with Gasteiger partial charge in [0, 0.05) is 56.7 Å². The van der Waals surface area contributed by atoms with Crippen molar-refractivity contribution in [1.29, 1.82) is 0 Å². The van der Waals surface area contributed by atoms with Crippen molar-refractivity contribution in [3.8, 4) is 11.3 Å². The zero-order valence-electron chi connectivity index (χ0n) is 14.5. The van der Waals surface area contributed by atoms with E-state index in [9.17, 15) is 0 Å². The second-order valence-corrected chi connectivity index (χ2v) is 6.31. The Kier molecular flexibility index (Phi) is 3.95. The van der Waals surface area contributed by atoms with Gasteiger partial charge in [-0.25, -0.2) is 0 Å². The smallest absolute Gasteiger partial charge is 0.0784 e. The summed E-state index contributed by atoms with van der Waals surface area (Å²) in [5.41, 5.74) is 5.90. The Labute approximate surface area is 138 Å². The Balaban J connectivity index is 2.34. The largest absolute Gasteiger partial charge is 0.378 e. The van der Waals surface area contributed by atoms with Gasteiger partial charge in [0.05, 0.1) is 5.69 Å². The summed E-state index contributed by atoms with van der Waals surface area (Å²) in [7, 11) is 8.32. The van der Waals surface area contributed by atoms with E-state index in [-0.39, 0.29) is 0 Å². The number of nitrogens with zero attached hydrogens (tertiary/aromatic N) is 3. The van der Waals surface area contributed by atoms with Gasteiger partial charge in [-0.1, -0.05) is 24.3 Å². The molecule has 1 aromatic heterocycles. The molecule has 0 aliphatic carbocycles. The fourth-order valence-corrected chi connectivity index (χ4v) is 2.99. The van der Waals surface area contributed by atoms with E-state index in [0.717, 1.165) is 5.69 Å². The Bertz CT molecular complexity index is 845. The molecule has 0 atom stereocenters. The first kappa shape index (κ1) is 15.3. The van der Waals surface area contributed by atoms with Crippen molar-refractivity contribution in [1.82, 2.24) is 4.98 Å². The maximum atomic E-state index is 4.70. The quantitative estimate of drug-likeness (QED) is 0.717. The molecule has 0 spiro atoms. The molecule has 0 saturated heterocycles. The number of rotatable bonds is 3. The Morgan fingerprint density at radius 3 is 2.30 bits per heavy atom. The maximum Gasteiger partial charge on any atom is 0.0784 e. The highest BCUT2D eigenvalue weighted by atomic mass is 15.1. The molecule has 0 bridgehead atoms. The van der Waals surface area contributed by atoms with Crippen LogP contribution >= 0.6 is 0 Å². The van der Waals surface area contributed by atoms with Gasteiger partial charge in [-0.2, -0.15) is 0 Å². The van der Waals surface area contributed by atoms with E-state index in [2.05, 4.69) is 87.4 Å². The third-order valence-electron chi connectivity index (χ3n) is 4.29. The molecule has 1 heterocycles. The number of hydrogen-bond donors (Lipinski definition) is 0. The molecule has 0 saturated carbocycles. The summed E-state index contributed by atoms with van der Waals surface area (Å²) in [5.74, 6) is 0. The molecule has 118 valence electrons. The van der Waals surface area contributed by atoms with Crippen LogP contribution < -0.4 is 9.80 Å². The number of aromatic nitrogens is 1. The minimum Gasteiger partial charge on any atom is -0.378 e. The summed E-state index contributed by atoms with van der Waals surface area (Å²) in [4.78, 5) is 9.01. The predicted octanol–water partition coefficient (Wildman–Crippen LogP) is 4.34. The summed E-state index contributed by atoms with van der Waals surface area (Å²) in [6, 6.07) is 15.0. The van der Waals surface area contributed by atoms with E-state index in [4.69, 9.17) is 4.98 Å². The summed E-state index contributed by atoms with van der Waals surface area (Å²) in [6.45, 7) is 2.17. The number of hydrogen-bond acceptors (Lipinski definition) is 3. The van der Waals surface area contributed by atoms with E-state index in [1.54, 1.807) is 0 Å². The zero-order valence-corrected chi connectivity index (χ0v) is 14.5. The minimum absolute atomic E-state index is 1.05. The van der Waals surface area contributed by atoms with Gasteiger partial charge in [-0.3, -0.25) is 4.98 Å². The molecule has 0 aliphatic rings. The molecule has 2 aromatic carbocycles. The molecule has 3 heteroatoms. The molecule has 0 aliphatic heterocycles. The van der Waals surface area contributed by atoms with Gasteiger partial charge in [0.2, 0.25) is 0 Å². The van der Waals surface area contributed by atoms with Crippen LogP contribution in [-0.4, -0.2) is 33.2 Å². The highest BCUT2D eigenvalue weighted by Crippen LogP contribution is 2.36. The topological polar surface area (TPSA) is 19.4 Å². The SMILES string of the molecule is Cc1c(-c2nccc3ccccc23)cc(N(C)C)cc1N(C)C. The van der Waals surface area contributed by atoms with Crippen LogP contribution in [0.15, 0.2) is 48.7 Å². The lowest BCUT2D eigenvalue weighted by molar-refractivity contribution is 1.09. The van der Waals surface area contributed by atoms with Gasteiger partial charge >= 0.3 is 0 Å². The van der Waals surface area contributed by atoms with E-state index >= 15 is 0 Å². The summed E-state index contributed by atoms with van der Waals surface area (Å²) in [6.07, 6.45) is 1.90. The molecular weight excluding hydrogens is 282 g/mol. The van der Waals surface area contributed by atoms with Crippen LogP contribution in [0.2, 0.25) is 0 Å². The molecule has 3 aromatic rings. The van der Waals surface area contributed by atoms with Crippen molar-refractivity contribution in [3.63, 3.8) is 0 Å². The van der Waals surface area contributed by atoms with Gasteiger partial charge in [-0.15, -0.1) is 0 Å². The molecular formula is C20H23N3. The summed E-state index contributed by atoms with van der Waals surface area (Å²) >= 11 is 0. The molecule has 0 unspecified atom stereocenters. The first-order valence-electron chi connectivity index (χ1n) is 7.82. The van der Waals surface area contributed by atoms with Crippen LogP contribution in [0.4, 0.5) is 11.4 Å². The Morgan fingerprint density at radius 2 is 1.61 bits per heavy atom. The fraction of sp³-hybridized carbons (Fsp3) is 0.250. The summed E-state index contributed by atoms with van der Waals surface area (Å²) in [5, 5.41) is 2.41. The third-order valence-corrected chi connectivity index (χ3v) is 4.29. The average molecular weight is 305 g/mol. The number of benzene rings is 2. The van der Waals surface area contributed by atoms with Crippen molar-refractivity contribution < 1.29 is 0 Å². The first-order valence-corrected chi connectivity index (χ1v) is 7.82. The maximum absolute atomic E-state index is 4.70. The van der Waals surface area contributed by atoms with Crippen LogP contribution in [0.3, 0.4) is 0 Å². The number of anilines is 2. The van der Waals surface area contributed by atoms with Crippen LogP contribution in [-0.2, 0) is 0 Å². The fourth-order valence-electron chi connectivity index (χ4n) is 2.99. The lowest BCUT2D eigenvalue weighted by Crippen LogP contribution is -2.14. The average Bonchev–Trinajstić information content (AvgIpc) is 2.54. The van der Waals surface area contributed by atoms with Crippen LogP contribution in [0.5, 0.6) is 0 Å². The van der Waals surface area contributed by atoms with E-state index in [1.807, 2.05) is 6.20 Å². The molecule has 0 radical (unpaired) electrons. The Hall–Kier alpha value is -2.55. The van der Waals surface area contributed by atoms with Gasteiger partial charge in [0.25, 0.3) is 0 Å². The monoisotopic (exact) mass is 305 g/mol. The zero-order chi connectivity index (χ0) is 16.6. The highest BCUT2D eigenvalue weighted by Gasteiger charge is 2.14. The first-order chi connectivity index (χ1) is 11.0. The predicted molar refractivity (Wildman–Crippen MR) is 101 cm³/mol. The second kappa shape index (κ2) is 5.92. The second-order valence-electron chi connectivity index (χ2n) is 6.31. The Morgan fingerprint density at radius 1 is 0.870 bits per heavy atom. The van der Waals surface area contributed by atoms with Gasteiger partial charge in [0.1, 0.15) is 0 Å². The lowest BCUT2D eigenvalue weighted by atomic mass is 9.97. The number of fused-ring (bicyclic) bond motifs is 1.